The number of carbonyl (C=O) groups is 1. The van der Waals surface area contributed by atoms with Gasteiger partial charge in [0.2, 0.25) is 0 Å². The molecule has 92 valence electrons. The molecule has 3 N–H and O–H groups in total. The molecule has 0 heterocycles. The molecule has 0 aliphatic carbocycles. The average molecular weight is 240 g/mol. The third kappa shape index (κ3) is 2.69. The maximum absolute atomic E-state index is 12.0. The van der Waals surface area contributed by atoms with Gasteiger partial charge in [0, 0.05) is 16.9 Å². The summed E-state index contributed by atoms with van der Waals surface area (Å²) in [6.45, 7) is 3.97. The predicted octanol–water partition coefficient (Wildman–Crippen LogP) is 3.14. The molecule has 0 spiro atoms. The van der Waals surface area contributed by atoms with E-state index in [1.165, 1.54) is 0 Å². The molecule has 0 fully saturated rings. The summed E-state index contributed by atoms with van der Waals surface area (Å²) in [5, 5.41) is 2.91. The fourth-order valence-electron chi connectivity index (χ4n) is 1.70. The Balaban J connectivity index is 2.21. The zero-order valence-electron chi connectivity index (χ0n) is 10.5. The van der Waals surface area contributed by atoms with Crippen LogP contribution in [0.3, 0.4) is 0 Å². The molecular formula is C15H16N2O. The van der Waals surface area contributed by atoms with Crippen LogP contribution in [0.1, 0.15) is 21.5 Å². The van der Waals surface area contributed by atoms with Crippen molar-refractivity contribution < 1.29 is 4.79 Å². The molecule has 18 heavy (non-hydrogen) atoms. The smallest absolute Gasteiger partial charge is 0.255 e. The van der Waals surface area contributed by atoms with Crippen molar-refractivity contribution in [1.29, 1.82) is 0 Å². The van der Waals surface area contributed by atoms with Gasteiger partial charge in [-0.3, -0.25) is 4.79 Å². The molecule has 0 aliphatic heterocycles. The van der Waals surface area contributed by atoms with Crippen LogP contribution < -0.4 is 11.1 Å². The minimum Gasteiger partial charge on any atom is -0.399 e. The number of amides is 1. The van der Waals surface area contributed by atoms with Gasteiger partial charge in [-0.1, -0.05) is 12.1 Å². The van der Waals surface area contributed by atoms with Crippen LogP contribution in [0.15, 0.2) is 42.5 Å². The number of benzene rings is 2. The summed E-state index contributed by atoms with van der Waals surface area (Å²) >= 11 is 0. The Morgan fingerprint density at radius 1 is 1.06 bits per heavy atom. The van der Waals surface area contributed by atoms with Crippen molar-refractivity contribution >= 4 is 17.3 Å². The molecule has 3 nitrogen and oxygen atoms in total. The highest BCUT2D eigenvalue weighted by atomic mass is 16.1. The van der Waals surface area contributed by atoms with E-state index in [4.69, 9.17) is 5.73 Å². The number of hydrogen-bond acceptors (Lipinski definition) is 2. The molecule has 0 unspecified atom stereocenters. The van der Waals surface area contributed by atoms with Crippen LogP contribution in [0.25, 0.3) is 0 Å². The predicted molar refractivity (Wildman–Crippen MR) is 74.7 cm³/mol. The van der Waals surface area contributed by atoms with Crippen molar-refractivity contribution in [2.24, 2.45) is 0 Å². The van der Waals surface area contributed by atoms with Gasteiger partial charge in [-0.25, -0.2) is 0 Å². The van der Waals surface area contributed by atoms with Crippen LogP contribution in [0.4, 0.5) is 11.4 Å². The van der Waals surface area contributed by atoms with Crippen molar-refractivity contribution in [3.05, 3.63) is 59.2 Å². The van der Waals surface area contributed by atoms with Gasteiger partial charge in [0.05, 0.1) is 0 Å². The highest BCUT2D eigenvalue weighted by Crippen LogP contribution is 2.17. The van der Waals surface area contributed by atoms with Crippen LogP contribution in [0.5, 0.6) is 0 Å². The number of rotatable bonds is 2. The normalized spacial score (nSPS) is 10.1. The van der Waals surface area contributed by atoms with Crippen molar-refractivity contribution in [2.75, 3.05) is 11.1 Å². The van der Waals surface area contributed by atoms with Crippen LogP contribution in [-0.2, 0) is 0 Å². The van der Waals surface area contributed by atoms with Gasteiger partial charge < -0.3 is 11.1 Å². The van der Waals surface area contributed by atoms with Crippen LogP contribution in [0, 0.1) is 13.8 Å². The monoisotopic (exact) mass is 240 g/mol. The summed E-state index contributed by atoms with van der Waals surface area (Å²) in [6, 6.07) is 12.9. The Hall–Kier alpha value is -2.29. The maximum Gasteiger partial charge on any atom is 0.255 e. The van der Waals surface area contributed by atoms with E-state index in [0.29, 0.717) is 11.3 Å². The topological polar surface area (TPSA) is 55.1 Å². The fourth-order valence-corrected chi connectivity index (χ4v) is 1.70. The molecule has 0 bridgehead atoms. The first-order valence-electron chi connectivity index (χ1n) is 5.80. The van der Waals surface area contributed by atoms with E-state index in [-0.39, 0.29) is 5.91 Å². The van der Waals surface area contributed by atoms with E-state index in [1.807, 2.05) is 32.0 Å². The molecule has 3 heteroatoms. The van der Waals surface area contributed by atoms with E-state index in [0.717, 1.165) is 16.8 Å². The molecule has 0 aromatic heterocycles. The molecule has 0 saturated heterocycles. The molecule has 2 aromatic carbocycles. The first kappa shape index (κ1) is 12.2. The van der Waals surface area contributed by atoms with Crippen molar-refractivity contribution in [3.8, 4) is 0 Å². The standard InChI is InChI=1S/C15H16N2O/c1-10-3-4-11(2)14(9-10)17-15(18)12-5-7-13(16)8-6-12/h3-9H,16H2,1-2H3,(H,17,18). The minimum atomic E-state index is -0.122. The van der Waals surface area contributed by atoms with E-state index >= 15 is 0 Å². The summed E-state index contributed by atoms with van der Waals surface area (Å²) in [5.41, 5.74) is 9.85. The van der Waals surface area contributed by atoms with E-state index in [9.17, 15) is 4.79 Å². The van der Waals surface area contributed by atoms with Crippen molar-refractivity contribution in [2.45, 2.75) is 13.8 Å². The van der Waals surface area contributed by atoms with Gasteiger partial charge >= 0.3 is 0 Å². The number of carbonyl (C=O) groups excluding carboxylic acids is 1. The summed E-state index contributed by atoms with van der Waals surface area (Å²) in [5.74, 6) is -0.122. The fraction of sp³-hybridized carbons (Fsp3) is 0.133. The highest BCUT2D eigenvalue weighted by molar-refractivity contribution is 6.04. The Kier molecular flexibility index (Phi) is 3.33. The van der Waals surface area contributed by atoms with Gasteiger partial charge in [-0.05, 0) is 55.3 Å². The second-order valence-electron chi connectivity index (χ2n) is 4.39. The van der Waals surface area contributed by atoms with Gasteiger partial charge in [0.25, 0.3) is 5.91 Å². The zero-order chi connectivity index (χ0) is 13.1. The molecular weight excluding hydrogens is 224 g/mol. The third-order valence-electron chi connectivity index (χ3n) is 2.81. The van der Waals surface area contributed by atoms with Crippen LogP contribution in [-0.4, -0.2) is 5.91 Å². The Labute approximate surface area is 107 Å². The lowest BCUT2D eigenvalue weighted by Gasteiger charge is -2.09. The van der Waals surface area contributed by atoms with E-state index in [2.05, 4.69) is 5.32 Å². The first-order valence-corrected chi connectivity index (χ1v) is 5.80. The van der Waals surface area contributed by atoms with Crippen LogP contribution >= 0.6 is 0 Å². The Morgan fingerprint density at radius 2 is 1.72 bits per heavy atom. The summed E-state index contributed by atoms with van der Waals surface area (Å²) in [7, 11) is 0. The zero-order valence-corrected chi connectivity index (χ0v) is 10.5. The lowest BCUT2D eigenvalue weighted by molar-refractivity contribution is 0.102. The summed E-state index contributed by atoms with van der Waals surface area (Å²) in [6.07, 6.45) is 0. The lowest BCUT2D eigenvalue weighted by atomic mass is 10.1. The number of nitrogen functional groups attached to an aromatic ring is 1. The number of anilines is 2. The second-order valence-corrected chi connectivity index (χ2v) is 4.39. The van der Waals surface area contributed by atoms with Gasteiger partial charge in [-0.15, -0.1) is 0 Å². The Bertz CT molecular complexity index is 574. The minimum absolute atomic E-state index is 0.122. The molecule has 0 aliphatic rings. The average Bonchev–Trinajstić information content (AvgIpc) is 2.34. The molecule has 1 amide bonds. The number of aryl methyl sites for hydroxylation is 2. The van der Waals surface area contributed by atoms with Gasteiger partial charge in [0.1, 0.15) is 0 Å². The maximum atomic E-state index is 12.0. The van der Waals surface area contributed by atoms with Gasteiger partial charge in [-0.2, -0.15) is 0 Å². The molecule has 2 aromatic rings. The van der Waals surface area contributed by atoms with Gasteiger partial charge in [0.15, 0.2) is 0 Å². The Morgan fingerprint density at radius 3 is 2.39 bits per heavy atom. The summed E-state index contributed by atoms with van der Waals surface area (Å²) < 4.78 is 0. The van der Waals surface area contributed by atoms with Crippen molar-refractivity contribution in [1.82, 2.24) is 0 Å². The third-order valence-corrected chi connectivity index (χ3v) is 2.81. The second kappa shape index (κ2) is 4.92. The van der Waals surface area contributed by atoms with Crippen molar-refractivity contribution in [3.63, 3.8) is 0 Å². The molecule has 0 saturated carbocycles. The molecule has 0 radical (unpaired) electrons. The SMILES string of the molecule is Cc1ccc(C)c(NC(=O)c2ccc(N)cc2)c1. The molecule has 2 rings (SSSR count). The number of hydrogen-bond donors (Lipinski definition) is 2. The highest BCUT2D eigenvalue weighted by Gasteiger charge is 2.07. The lowest BCUT2D eigenvalue weighted by Crippen LogP contribution is -2.12. The van der Waals surface area contributed by atoms with Crippen LogP contribution in [0.2, 0.25) is 0 Å². The van der Waals surface area contributed by atoms with E-state index in [1.54, 1.807) is 24.3 Å². The molecule has 0 atom stereocenters. The number of nitrogens with one attached hydrogen (secondary N) is 1. The number of nitrogens with two attached hydrogens (primary N) is 1. The first-order chi connectivity index (χ1) is 8.56. The largest absolute Gasteiger partial charge is 0.399 e. The van der Waals surface area contributed by atoms with E-state index < -0.39 is 0 Å². The summed E-state index contributed by atoms with van der Waals surface area (Å²) in [4.78, 5) is 12.0. The quantitative estimate of drug-likeness (QED) is 0.792.